The van der Waals surface area contributed by atoms with Gasteiger partial charge in [0.15, 0.2) is 0 Å². The average Bonchev–Trinajstić information content (AvgIpc) is 2.28. The summed E-state index contributed by atoms with van der Waals surface area (Å²) in [4.78, 5) is 2.08. The molecule has 1 rings (SSSR count). The lowest BCUT2D eigenvalue weighted by atomic mass is 10.1. The molecule has 17 heavy (non-hydrogen) atoms. The summed E-state index contributed by atoms with van der Waals surface area (Å²) in [7, 11) is 1.96. The topological polar surface area (TPSA) is 82.1 Å². The van der Waals surface area contributed by atoms with Crippen molar-refractivity contribution in [3.8, 4) is 5.75 Å². The first kappa shape index (κ1) is 13.3. The number of benzene rings is 1. The summed E-state index contributed by atoms with van der Waals surface area (Å²) in [5, 5.41) is 20.8. The van der Waals surface area contributed by atoms with E-state index in [1.165, 1.54) is 0 Å². The van der Waals surface area contributed by atoms with E-state index in [0.717, 1.165) is 5.56 Å². The van der Waals surface area contributed by atoms with Crippen molar-refractivity contribution in [2.75, 3.05) is 7.05 Å². The molecule has 0 heterocycles. The highest BCUT2D eigenvalue weighted by Gasteiger charge is 2.11. The van der Waals surface area contributed by atoms with Crippen LogP contribution in [0, 0.1) is 0 Å². The number of phenols is 1. The van der Waals surface area contributed by atoms with Crippen LogP contribution in [0.1, 0.15) is 18.9 Å². The largest absolute Gasteiger partial charge is 0.508 e. The Bertz CT molecular complexity index is 393. The third-order valence-corrected chi connectivity index (χ3v) is 2.73. The molecule has 1 aromatic carbocycles. The van der Waals surface area contributed by atoms with Crippen LogP contribution in [0.25, 0.3) is 0 Å². The van der Waals surface area contributed by atoms with Gasteiger partial charge in [-0.25, -0.2) is 0 Å². The average molecular weight is 237 g/mol. The Morgan fingerprint density at radius 3 is 2.82 bits per heavy atom. The van der Waals surface area contributed by atoms with Crippen molar-refractivity contribution in [2.45, 2.75) is 25.9 Å². The Balaban J connectivity index is 2.56. The molecule has 5 heteroatoms. The van der Waals surface area contributed by atoms with E-state index < -0.39 is 0 Å². The maximum Gasteiger partial charge on any atom is 0.140 e. The highest BCUT2D eigenvalue weighted by Crippen LogP contribution is 2.14. The van der Waals surface area contributed by atoms with Gasteiger partial charge in [0, 0.05) is 19.0 Å². The number of amidine groups is 1. The molecule has 0 saturated heterocycles. The summed E-state index contributed by atoms with van der Waals surface area (Å²) in [5.41, 5.74) is 6.49. The van der Waals surface area contributed by atoms with Gasteiger partial charge in [-0.05, 0) is 31.7 Å². The van der Waals surface area contributed by atoms with E-state index >= 15 is 0 Å². The zero-order valence-corrected chi connectivity index (χ0v) is 10.2. The fraction of sp³-hybridized carbons (Fsp3) is 0.417. The number of aromatic hydroxyl groups is 1. The van der Waals surface area contributed by atoms with Crippen molar-refractivity contribution in [3.63, 3.8) is 0 Å². The van der Waals surface area contributed by atoms with Crippen LogP contribution in [-0.4, -0.2) is 34.1 Å². The molecule has 94 valence electrons. The molecule has 0 aliphatic rings. The van der Waals surface area contributed by atoms with Crippen molar-refractivity contribution in [2.24, 2.45) is 10.9 Å². The van der Waals surface area contributed by atoms with E-state index in [2.05, 4.69) is 10.1 Å². The molecule has 0 aromatic heterocycles. The molecule has 0 bridgehead atoms. The van der Waals surface area contributed by atoms with E-state index in [4.69, 9.17) is 10.9 Å². The molecule has 0 radical (unpaired) electrons. The standard InChI is InChI=1S/C12H19N3O2/c1-9(6-12(13)14-17)15(2)8-10-4-3-5-11(16)7-10/h3-5,7,9,16-17H,6,8H2,1-2H3,(H2,13,14). The summed E-state index contributed by atoms with van der Waals surface area (Å²) < 4.78 is 0. The van der Waals surface area contributed by atoms with Crippen LogP contribution in [0.5, 0.6) is 5.75 Å². The van der Waals surface area contributed by atoms with Gasteiger partial charge >= 0.3 is 0 Å². The number of hydrogen-bond acceptors (Lipinski definition) is 4. The van der Waals surface area contributed by atoms with Crippen molar-refractivity contribution >= 4 is 5.84 Å². The minimum atomic E-state index is 0.160. The van der Waals surface area contributed by atoms with Gasteiger partial charge in [0.2, 0.25) is 0 Å². The molecule has 1 unspecified atom stereocenters. The quantitative estimate of drug-likeness (QED) is 0.312. The molecule has 0 amide bonds. The third kappa shape index (κ3) is 4.32. The number of hydrogen-bond donors (Lipinski definition) is 3. The van der Waals surface area contributed by atoms with E-state index in [1.54, 1.807) is 12.1 Å². The maximum absolute atomic E-state index is 9.36. The Labute approximate surface area is 101 Å². The fourth-order valence-corrected chi connectivity index (χ4v) is 1.60. The number of oxime groups is 1. The summed E-state index contributed by atoms with van der Waals surface area (Å²) in [5.74, 6) is 0.486. The number of phenolic OH excluding ortho intramolecular Hbond substituents is 1. The molecular formula is C12H19N3O2. The smallest absolute Gasteiger partial charge is 0.140 e. The predicted octanol–water partition coefficient (Wildman–Crippen LogP) is 1.35. The van der Waals surface area contributed by atoms with Gasteiger partial charge < -0.3 is 16.0 Å². The fourth-order valence-electron chi connectivity index (χ4n) is 1.60. The lowest BCUT2D eigenvalue weighted by molar-refractivity contribution is 0.250. The second-order valence-electron chi connectivity index (χ2n) is 4.23. The van der Waals surface area contributed by atoms with E-state index in [9.17, 15) is 5.11 Å². The Hall–Kier alpha value is -1.75. The minimum Gasteiger partial charge on any atom is -0.508 e. The highest BCUT2D eigenvalue weighted by atomic mass is 16.4. The Morgan fingerprint density at radius 2 is 2.24 bits per heavy atom. The molecular weight excluding hydrogens is 218 g/mol. The van der Waals surface area contributed by atoms with Crippen molar-refractivity contribution in [3.05, 3.63) is 29.8 Å². The molecule has 0 aliphatic carbocycles. The molecule has 4 N–H and O–H groups in total. The summed E-state index contributed by atoms with van der Waals surface area (Å²) >= 11 is 0. The molecule has 0 saturated carbocycles. The van der Waals surface area contributed by atoms with Crippen molar-refractivity contribution < 1.29 is 10.3 Å². The van der Waals surface area contributed by atoms with Crippen molar-refractivity contribution in [1.82, 2.24) is 4.90 Å². The van der Waals surface area contributed by atoms with Gasteiger partial charge in [0.1, 0.15) is 11.6 Å². The highest BCUT2D eigenvalue weighted by molar-refractivity contribution is 5.80. The first-order valence-corrected chi connectivity index (χ1v) is 5.47. The van der Waals surface area contributed by atoms with E-state index in [-0.39, 0.29) is 17.6 Å². The van der Waals surface area contributed by atoms with E-state index in [1.807, 2.05) is 26.1 Å². The zero-order valence-electron chi connectivity index (χ0n) is 10.2. The second kappa shape index (κ2) is 6.10. The van der Waals surface area contributed by atoms with Crippen LogP contribution in [-0.2, 0) is 6.54 Å². The van der Waals surface area contributed by atoms with E-state index in [0.29, 0.717) is 13.0 Å². The van der Waals surface area contributed by atoms with Crippen molar-refractivity contribution in [1.29, 1.82) is 0 Å². The van der Waals surface area contributed by atoms with Crippen LogP contribution in [0.3, 0.4) is 0 Å². The van der Waals surface area contributed by atoms with Gasteiger partial charge in [0.05, 0.1) is 0 Å². The zero-order chi connectivity index (χ0) is 12.8. The summed E-state index contributed by atoms with van der Waals surface area (Å²) in [6.45, 7) is 2.70. The Morgan fingerprint density at radius 1 is 1.53 bits per heavy atom. The first-order chi connectivity index (χ1) is 8.02. The Kier molecular flexibility index (Phi) is 4.78. The lowest BCUT2D eigenvalue weighted by Gasteiger charge is -2.24. The molecule has 0 aliphatic heterocycles. The maximum atomic E-state index is 9.36. The number of rotatable bonds is 5. The predicted molar refractivity (Wildman–Crippen MR) is 67.1 cm³/mol. The lowest BCUT2D eigenvalue weighted by Crippen LogP contribution is -2.32. The van der Waals surface area contributed by atoms with Crippen LogP contribution < -0.4 is 5.73 Å². The summed E-state index contributed by atoms with van der Waals surface area (Å²) in [6, 6.07) is 7.29. The number of nitrogens with two attached hydrogens (primary N) is 1. The second-order valence-corrected chi connectivity index (χ2v) is 4.23. The van der Waals surface area contributed by atoms with Crippen LogP contribution in [0.15, 0.2) is 29.4 Å². The molecule has 0 spiro atoms. The normalized spacial score (nSPS) is 13.9. The molecule has 0 fully saturated rings. The van der Waals surface area contributed by atoms with Gasteiger partial charge in [-0.2, -0.15) is 0 Å². The SMILES string of the molecule is CC(CC(N)=NO)N(C)Cc1cccc(O)c1. The van der Waals surface area contributed by atoms with Crippen LogP contribution in [0.2, 0.25) is 0 Å². The van der Waals surface area contributed by atoms with Gasteiger partial charge in [-0.1, -0.05) is 17.3 Å². The van der Waals surface area contributed by atoms with Gasteiger partial charge in [-0.3, -0.25) is 4.90 Å². The third-order valence-electron chi connectivity index (χ3n) is 2.73. The first-order valence-electron chi connectivity index (χ1n) is 5.47. The van der Waals surface area contributed by atoms with Gasteiger partial charge in [0.25, 0.3) is 0 Å². The number of nitrogens with zero attached hydrogens (tertiary/aromatic N) is 2. The molecule has 1 atom stereocenters. The van der Waals surface area contributed by atoms with Gasteiger partial charge in [-0.15, -0.1) is 0 Å². The molecule has 5 nitrogen and oxygen atoms in total. The summed E-state index contributed by atoms with van der Waals surface area (Å²) in [6.07, 6.45) is 0.506. The minimum absolute atomic E-state index is 0.160. The van der Waals surface area contributed by atoms with Crippen LogP contribution >= 0.6 is 0 Å². The monoisotopic (exact) mass is 237 g/mol. The van der Waals surface area contributed by atoms with Crippen LogP contribution in [0.4, 0.5) is 0 Å². The molecule has 1 aromatic rings.